The van der Waals surface area contributed by atoms with E-state index in [1.54, 1.807) is 74.6 Å². The predicted octanol–water partition coefficient (Wildman–Crippen LogP) is 4.28. The van der Waals surface area contributed by atoms with Gasteiger partial charge in [-0.2, -0.15) is 0 Å². The van der Waals surface area contributed by atoms with E-state index in [1.807, 2.05) is 69.2 Å². The number of primary amides is 1. The summed E-state index contributed by atoms with van der Waals surface area (Å²) in [6.45, 7) is 33.7. The molecule has 6 N–H and O–H groups in total. The number of likely N-dealkylation sites (N-methyl/N-ethyl adjacent to an activating group) is 7. The molecule has 23 nitrogen and oxygen atoms in total. The molecule has 2 unspecified atom stereocenters. The van der Waals surface area contributed by atoms with Gasteiger partial charge in [-0.3, -0.25) is 52.7 Å². The smallest absolute Gasteiger partial charge is 0.246 e. The summed E-state index contributed by atoms with van der Waals surface area (Å²) in [6.07, 6.45) is 3.54. The van der Waals surface area contributed by atoms with Crippen molar-refractivity contribution in [1.82, 2.24) is 50.2 Å². The van der Waals surface area contributed by atoms with Gasteiger partial charge in [-0.25, -0.2) is 0 Å². The van der Waals surface area contributed by atoms with Gasteiger partial charge in [0.05, 0.1) is 12.6 Å². The first-order chi connectivity index (χ1) is 39.9. The van der Waals surface area contributed by atoms with Crippen molar-refractivity contribution in [3.05, 3.63) is 12.2 Å². The highest BCUT2D eigenvalue weighted by Crippen LogP contribution is 2.28. The van der Waals surface area contributed by atoms with Crippen LogP contribution in [-0.4, -0.2) is 221 Å². The lowest BCUT2D eigenvalue weighted by Crippen LogP contribution is -2.63. The molecule has 0 heterocycles. The molecule has 0 fully saturated rings. The number of hydrogen-bond acceptors (Lipinski definition) is 12. The van der Waals surface area contributed by atoms with E-state index in [4.69, 9.17) is 5.73 Å². The van der Waals surface area contributed by atoms with Crippen LogP contribution in [0.5, 0.6) is 0 Å². The van der Waals surface area contributed by atoms with Gasteiger partial charge in [0.1, 0.15) is 54.4 Å². The molecule has 0 aromatic heterocycles. The lowest BCUT2D eigenvalue weighted by atomic mass is 9.81. The average Bonchev–Trinajstić information content (AvgIpc) is 3.16. The first kappa shape index (κ1) is 80.9. The number of nitrogens with two attached hydrogens (primary N) is 1. The lowest BCUT2D eigenvalue weighted by Gasteiger charge is -2.41. The van der Waals surface area contributed by atoms with Gasteiger partial charge in [0, 0.05) is 55.3 Å². The molecule has 0 bridgehead atoms. The van der Waals surface area contributed by atoms with E-state index in [0.29, 0.717) is 12.8 Å². The molecule has 0 aromatic rings. The van der Waals surface area contributed by atoms with Crippen molar-refractivity contribution >= 4 is 65.0 Å². The van der Waals surface area contributed by atoms with Crippen LogP contribution in [0.15, 0.2) is 12.2 Å². The molecular weight excluding hydrogens is 1110 g/mol. The van der Waals surface area contributed by atoms with Crippen molar-refractivity contribution in [2.75, 3.05) is 55.9 Å². The molecule has 0 aliphatic rings. The summed E-state index contributed by atoms with van der Waals surface area (Å²) in [5.74, 6) is -8.92. The second-order valence-corrected chi connectivity index (χ2v) is 27.0. The summed E-state index contributed by atoms with van der Waals surface area (Å²) < 4.78 is 0. The van der Waals surface area contributed by atoms with Crippen LogP contribution in [0.2, 0.25) is 0 Å². The Kier molecular flexibility index (Phi) is 33.8. The Morgan fingerprint density at radius 2 is 0.954 bits per heavy atom. The minimum Gasteiger partial charge on any atom is -0.390 e. The summed E-state index contributed by atoms with van der Waals surface area (Å²) in [5, 5.41) is 20.3. The predicted molar refractivity (Wildman–Crippen MR) is 339 cm³/mol. The largest absolute Gasteiger partial charge is 0.390 e. The molecule has 0 rings (SSSR count). The molecule has 0 aliphatic carbocycles. The number of rotatable bonds is 35. The minimum absolute atomic E-state index is 0.0538. The number of nitrogens with one attached hydrogen (secondary N) is 3. The van der Waals surface area contributed by atoms with Crippen LogP contribution < -0.4 is 21.7 Å². The van der Waals surface area contributed by atoms with Gasteiger partial charge >= 0.3 is 0 Å². The van der Waals surface area contributed by atoms with Crippen LogP contribution in [0.3, 0.4) is 0 Å². The maximum absolute atomic E-state index is 15.2. The van der Waals surface area contributed by atoms with Gasteiger partial charge in [0.2, 0.25) is 65.0 Å². The van der Waals surface area contributed by atoms with Crippen LogP contribution in [0.4, 0.5) is 0 Å². The molecule has 0 spiro atoms. The molecule has 0 saturated carbocycles. The summed E-state index contributed by atoms with van der Waals surface area (Å²) >= 11 is 0. The van der Waals surface area contributed by atoms with E-state index in [-0.39, 0.29) is 60.7 Å². The maximum Gasteiger partial charge on any atom is 0.246 e. The number of allylic oxidation sites excluding steroid dienone is 2. The molecule has 500 valence electrons. The zero-order chi connectivity index (χ0) is 68.2. The van der Waals surface area contributed by atoms with E-state index in [1.165, 1.54) is 73.7 Å². The number of aliphatic hydroxyl groups is 1. The van der Waals surface area contributed by atoms with Gasteiger partial charge in [0.25, 0.3) is 0 Å². The topological polar surface area (TPSA) is 293 Å². The van der Waals surface area contributed by atoms with Gasteiger partial charge in [-0.05, 0) is 93.8 Å². The number of carbonyl (C=O) groups is 11. The zero-order valence-corrected chi connectivity index (χ0v) is 58.1. The van der Waals surface area contributed by atoms with E-state index in [0.717, 1.165) is 9.80 Å². The second kappa shape index (κ2) is 36.4. The van der Waals surface area contributed by atoms with Gasteiger partial charge < -0.3 is 61.1 Å². The Labute approximate surface area is 522 Å². The summed E-state index contributed by atoms with van der Waals surface area (Å²) in [4.78, 5) is 164. The number of aliphatic hydroxyl groups excluding tert-OH is 1. The van der Waals surface area contributed by atoms with Crippen LogP contribution in [0.1, 0.15) is 170 Å². The van der Waals surface area contributed by atoms with Gasteiger partial charge in [0.15, 0.2) is 0 Å². The van der Waals surface area contributed by atoms with Crippen molar-refractivity contribution < 1.29 is 57.8 Å². The number of carbonyl (C=O) groups excluding carboxylic acids is 11. The summed E-state index contributed by atoms with van der Waals surface area (Å²) in [7, 11) is 10.1. The monoisotopic (exact) mass is 1230 g/mol. The average molecular weight is 1230 g/mol. The summed E-state index contributed by atoms with van der Waals surface area (Å²) in [6, 6.07) is -10.5. The third kappa shape index (κ3) is 23.4. The Morgan fingerprint density at radius 1 is 0.494 bits per heavy atom. The van der Waals surface area contributed by atoms with Crippen molar-refractivity contribution in [3.63, 3.8) is 0 Å². The van der Waals surface area contributed by atoms with Gasteiger partial charge in [-0.1, -0.05) is 129 Å². The lowest BCUT2D eigenvalue weighted by molar-refractivity contribution is -0.157. The van der Waals surface area contributed by atoms with E-state index >= 15 is 14.4 Å². The SMILES string of the molecule is C/C=C/C[C@@H](C)[C@H](O)C(C(=O)N[C@H](CC)C(=O)N(C)CC(=O)N(C)[C@@H](C(N)=O)C(C)CC)N(C)C(=O)[C@H](C(C)C)N(C)C(=O)[C@@H](CC(C)C)N(C)C(=O)[C@H](CC(C)C)N(C)C(=O)[C@H](C)NC(=O)[C@H](CC(C)C)NC(=O)[C@H](C)N(C)C(=O)[C@H](C)C(C)(C)C. The Morgan fingerprint density at radius 3 is 1.38 bits per heavy atom. The van der Waals surface area contributed by atoms with Gasteiger partial charge in [-0.15, -0.1) is 0 Å². The standard InChI is InChI=1S/C64H117N11O12/c1-27-30-31-41(13)53(77)52(57(81)67-45(29-3)60(84)69(20)35-49(76)73(24)51(54(65)78)40(12)28-2)75(26)63(87)50(39(10)11)74(25)62(86)48(34-38(8)9)72(23)61(85)47(33-37(6)7)71(22)59(83)43(15)66-56(80)46(32-36(4)5)68-55(79)44(16)70(21)58(82)42(14)64(17,18)19/h27,30,36-48,50-53,77H,28-29,31-35H2,1-26H3,(H2,65,78)(H,66,80)(H,67,81)(H,68,79)/b30-27+/t40?,41-,42+,43+,44+,45-,46+,47+,48-,50+,51-,52?,53+/m1/s1. The molecule has 0 aliphatic heterocycles. The molecule has 13 atom stereocenters. The van der Waals surface area contributed by atoms with Crippen LogP contribution in [-0.2, 0) is 52.7 Å². The quantitative estimate of drug-likeness (QED) is 0.0556. The molecule has 11 amide bonds. The zero-order valence-electron chi connectivity index (χ0n) is 58.1. The van der Waals surface area contributed by atoms with Crippen LogP contribution in [0, 0.1) is 46.8 Å². The fourth-order valence-electron chi connectivity index (χ4n) is 10.5. The molecule has 0 saturated heterocycles. The van der Waals surface area contributed by atoms with E-state index < -0.39 is 144 Å². The number of nitrogens with zero attached hydrogens (tertiary/aromatic N) is 7. The molecule has 87 heavy (non-hydrogen) atoms. The van der Waals surface area contributed by atoms with Crippen molar-refractivity contribution in [2.24, 2.45) is 52.6 Å². The Balaban J connectivity index is 7.15. The molecule has 0 aromatic carbocycles. The Hall–Kier alpha value is -6.13. The van der Waals surface area contributed by atoms with E-state index in [2.05, 4.69) is 16.0 Å². The normalized spacial score (nSPS) is 16.4. The third-order valence-electron chi connectivity index (χ3n) is 17.0. The first-order valence-electron chi connectivity index (χ1n) is 31.2. The number of hydrogen-bond donors (Lipinski definition) is 5. The third-order valence-corrected chi connectivity index (χ3v) is 17.0. The molecular formula is C64H117N11O12. The van der Waals surface area contributed by atoms with Crippen LogP contribution >= 0.6 is 0 Å². The highest BCUT2D eigenvalue weighted by atomic mass is 16.3. The first-order valence-corrected chi connectivity index (χ1v) is 31.2. The highest BCUT2D eigenvalue weighted by Gasteiger charge is 2.45. The Bertz CT molecular complexity index is 2360. The maximum atomic E-state index is 15.2. The van der Waals surface area contributed by atoms with Crippen molar-refractivity contribution in [3.8, 4) is 0 Å². The fourth-order valence-corrected chi connectivity index (χ4v) is 10.5. The van der Waals surface area contributed by atoms with Crippen molar-refractivity contribution in [2.45, 2.75) is 231 Å². The fraction of sp³-hybridized carbons (Fsp3) is 0.797. The van der Waals surface area contributed by atoms with Crippen LogP contribution in [0.25, 0.3) is 0 Å². The molecule has 23 heteroatoms. The minimum atomic E-state index is -1.60. The van der Waals surface area contributed by atoms with E-state index in [9.17, 15) is 43.5 Å². The van der Waals surface area contributed by atoms with Crippen molar-refractivity contribution in [1.29, 1.82) is 0 Å². The second-order valence-electron chi connectivity index (χ2n) is 27.0. The molecule has 0 radical (unpaired) electrons. The highest BCUT2D eigenvalue weighted by molar-refractivity contribution is 5.99. The summed E-state index contributed by atoms with van der Waals surface area (Å²) in [5.41, 5.74) is 5.30. The number of amides is 11.